The van der Waals surface area contributed by atoms with E-state index in [1.54, 1.807) is 0 Å². The Labute approximate surface area is 124 Å². The first kappa shape index (κ1) is 13.2. The number of rotatable bonds is 2. The molecule has 3 N–H and O–H groups in total. The maximum absolute atomic E-state index is 6.44. The lowest BCUT2D eigenvalue weighted by molar-refractivity contribution is 0.719. The average Bonchev–Trinajstić information content (AvgIpc) is 2.46. The molecule has 0 amide bonds. The van der Waals surface area contributed by atoms with Gasteiger partial charge in [-0.1, -0.05) is 41.9 Å². The van der Waals surface area contributed by atoms with Crippen LogP contribution in [0.1, 0.15) is 41.3 Å². The van der Waals surface area contributed by atoms with Gasteiger partial charge < -0.3 is 11.1 Å². The van der Waals surface area contributed by atoms with Crippen molar-refractivity contribution in [2.75, 3.05) is 0 Å². The zero-order chi connectivity index (χ0) is 14.1. The highest BCUT2D eigenvalue weighted by Gasteiger charge is 2.20. The molecule has 0 saturated carbocycles. The van der Waals surface area contributed by atoms with Gasteiger partial charge in [-0.25, -0.2) is 0 Å². The van der Waals surface area contributed by atoms with Crippen LogP contribution in [-0.2, 0) is 0 Å². The smallest absolute Gasteiger partial charge is 0.0782 e. The van der Waals surface area contributed by atoms with Gasteiger partial charge >= 0.3 is 0 Å². The predicted octanol–water partition coefficient (Wildman–Crippen LogP) is 3.82. The maximum atomic E-state index is 6.44. The lowest BCUT2D eigenvalue weighted by Gasteiger charge is -2.25. The highest BCUT2D eigenvalue weighted by Crippen LogP contribution is 2.33. The molecule has 0 aromatic heterocycles. The van der Waals surface area contributed by atoms with E-state index in [2.05, 4.69) is 23.5 Å². The van der Waals surface area contributed by atoms with Gasteiger partial charge in [0.05, 0.1) is 6.04 Å². The quantitative estimate of drug-likeness (QED) is 0.879. The molecule has 2 unspecified atom stereocenters. The second-order valence-corrected chi connectivity index (χ2v) is 5.45. The standard InChI is InChI=1S/C17H16ClN2/c1-11(19)13-6-7-15(16(18)10-13)17-14-5-3-2-4-12(14)8-9-20-17/h2-3,5-11,17,20H,19H2,1H3. The van der Waals surface area contributed by atoms with Gasteiger partial charge in [0.1, 0.15) is 0 Å². The summed E-state index contributed by atoms with van der Waals surface area (Å²) in [5.41, 5.74) is 10.3. The molecular weight excluding hydrogens is 268 g/mol. The van der Waals surface area contributed by atoms with Crippen LogP contribution in [0.3, 0.4) is 0 Å². The van der Waals surface area contributed by atoms with Crippen LogP contribution in [0.15, 0.2) is 42.6 Å². The molecule has 101 valence electrons. The van der Waals surface area contributed by atoms with Crippen LogP contribution in [0, 0.1) is 6.07 Å². The van der Waals surface area contributed by atoms with Crippen LogP contribution < -0.4 is 11.1 Å². The molecule has 0 bridgehead atoms. The normalized spacial score (nSPS) is 18.2. The summed E-state index contributed by atoms with van der Waals surface area (Å²) in [6, 6.07) is 15.4. The zero-order valence-electron chi connectivity index (χ0n) is 11.2. The SMILES string of the molecule is CC(N)c1ccc(C2NC=Cc3[c]cccc32)c(Cl)c1. The van der Waals surface area contributed by atoms with Gasteiger partial charge in [-0.15, -0.1) is 0 Å². The molecule has 1 heterocycles. The molecule has 2 atom stereocenters. The number of benzene rings is 2. The van der Waals surface area contributed by atoms with Crippen LogP contribution in [0.5, 0.6) is 0 Å². The molecule has 1 radical (unpaired) electrons. The van der Waals surface area contributed by atoms with E-state index in [0.29, 0.717) is 0 Å². The molecule has 1 aliphatic rings. The summed E-state index contributed by atoms with van der Waals surface area (Å²) >= 11 is 6.44. The van der Waals surface area contributed by atoms with E-state index in [0.717, 1.165) is 21.7 Å². The van der Waals surface area contributed by atoms with E-state index in [-0.39, 0.29) is 12.1 Å². The first-order chi connectivity index (χ1) is 9.66. The van der Waals surface area contributed by atoms with Gasteiger partial charge in [0.25, 0.3) is 0 Å². The predicted molar refractivity (Wildman–Crippen MR) is 83.3 cm³/mol. The Morgan fingerprint density at radius 1 is 1.30 bits per heavy atom. The Kier molecular flexibility index (Phi) is 3.51. The van der Waals surface area contributed by atoms with Crippen LogP contribution >= 0.6 is 11.6 Å². The topological polar surface area (TPSA) is 38.0 Å². The first-order valence-corrected chi connectivity index (χ1v) is 7.03. The van der Waals surface area contributed by atoms with Crippen molar-refractivity contribution < 1.29 is 0 Å². The van der Waals surface area contributed by atoms with Crippen molar-refractivity contribution in [1.82, 2.24) is 5.32 Å². The minimum atomic E-state index is -0.0126. The molecule has 0 fully saturated rings. The molecule has 20 heavy (non-hydrogen) atoms. The van der Waals surface area contributed by atoms with E-state index in [4.69, 9.17) is 17.3 Å². The Morgan fingerprint density at radius 3 is 2.90 bits per heavy atom. The molecule has 0 aliphatic carbocycles. The fourth-order valence-electron chi connectivity index (χ4n) is 2.49. The molecule has 2 aromatic carbocycles. The van der Waals surface area contributed by atoms with Crippen molar-refractivity contribution in [2.24, 2.45) is 5.73 Å². The monoisotopic (exact) mass is 283 g/mol. The van der Waals surface area contributed by atoms with E-state index in [9.17, 15) is 0 Å². The number of hydrogen-bond acceptors (Lipinski definition) is 2. The number of nitrogens with one attached hydrogen (secondary N) is 1. The Hall–Kier alpha value is -1.77. The van der Waals surface area contributed by atoms with Crippen LogP contribution in [0.2, 0.25) is 5.02 Å². The summed E-state index contributed by atoms with van der Waals surface area (Å²) in [5.74, 6) is 0. The molecule has 2 nitrogen and oxygen atoms in total. The minimum Gasteiger partial charge on any atom is -0.380 e. The van der Waals surface area contributed by atoms with Crippen LogP contribution in [0.25, 0.3) is 6.08 Å². The summed E-state index contributed by atoms with van der Waals surface area (Å²) < 4.78 is 0. The third kappa shape index (κ3) is 2.33. The molecule has 0 spiro atoms. The summed E-state index contributed by atoms with van der Waals surface area (Å²) in [6.07, 6.45) is 3.97. The second-order valence-electron chi connectivity index (χ2n) is 5.04. The molecule has 1 aliphatic heterocycles. The number of halogens is 1. The fraction of sp³-hybridized carbons (Fsp3) is 0.176. The van der Waals surface area contributed by atoms with E-state index >= 15 is 0 Å². The van der Waals surface area contributed by atoms with Crippen molar-refractivity contribution >= 4 is 17.7 Å². The number of hydrogen-bond donors (Lipinski definition) is 2. The van der Waals surface area contributed by atoms with Crippen molar-refractivity contribution in [2.45, 2.75) is 19.0 Å². The molecule has 0 saturated heterocycles. The van der Waals surface area contributed by atoms with Crippen LogP contribution in [0.4, 0.5) is 0 Å². The third-order valence-electron chi connectivity index (χ3n) is 3.61. The number of nitrogens with two attached hydrogens (primary N) is 1. The largest absolute Gasteiger partial charge is 0.380 e. The third-order valence-corrected chi connectivity index (χ3v) is 3.93. The first-order valence-electron chi connectivity index (χ1n) is 6.65. The molecule has 3 heteroatoms. The minimum absolute atomic E-state index is 0.0126. The highest BCUT2D eigenvalue weighted by atomic mass is 35.5. The van der Waals surface area contributed by atoms with Gasteiger partial charge in [0, 0.05) is 11.1 Å². The van der Waals surface area contributed by atoms with Gasteiger partial charge in [-0.2, -0.15) is 0 Å². The van der Waals surface area contributed by atoms with Crippen LogP contribution in [-0.4, -0.2) is 0 Å². The summed E-state index contributed by atoms with van der Waals surface area (Å²) in [4.78, 5) is 0. The van der Waals surface area contributed by atoms with Gasteiger partial charge in [0.2, 0.25) is 0 Å². The average molecular weight is 284 g/mol. The zero-order valence-corrected chi connectivity index (χ0v) is 12.0. The molecule has 3 rings (SSSR count). The Balaban J connectivity index is 2.04. The van der Waals surface area contributed by atoms with Gasteiger partial charge in [-0.3, -0.25) is 0 Å². The summed E-state index contributed by atoms with van der Waals surface area (Å²) in [7, 11) is 0. The number of fused-ring (bicyclic) bond motifs is 1. The van der Waals surface area contributed by atoms with Gasteiger partial charge in [0.15, 0.2) is 0 Å². The second kappa shape index (κ2) is 5.31. The van der Waals surface area contributed by atoms with Crippen molar-refractivity contribution in [1.29, 1.82) is 0 Å². The fourth-order valence-corrected chi connectivity index (χ4v) is 2.79. The lowest BCUT2D eigenvalue weighted by atomic mass is 9.91. The van der Waals surface area contributed by atoms with E-state index < -0.39 is 0 Å². The van der Waals surface area contributed by atoms with Crippen molar-refractivity contribution in [3.05, 3.63) is 75.9 Å². The van der Waals surface area contributed by atoms with Crippen molar-refractivity contribution in [3.63, 3.8) is 0 Å². The highest BCUT2D eigenvalue weighted by molar-refractivity contribution is 6.31. The summed E-state index contributed by atoms with van der Waals surface area (Å²) in [5, 5.41) is 4.10. The summed E-state index contributed by atoms with van der Waals surface area (Å²) in [6.45, 7) is 1.96. The Morgan fingerprint density at radius 2 is 2.15 bits per heavy atom. The lowest BCUT2D eigenvalue weighted by Crippen LogP contribution is -2.21. The van der Waals surface area contributed by atoms with Crippen molar-refractivity contribution in [3.8, 4) is 0 Å². The van der Waals surface area contributed by atoms with E-state index in [1.807, 2.05) is 43.5 Å². The Bertz CT molecular complexity index is 662. The maximum Gasteiger partial charge on any atom is 0.0782 e. The molecular formula is C17H16ClN2. The van der Waals surface area contributed by atoms with Gasteiger partial charge in [-0.05, 0) is 53.6 Å². The molecule has 2 aromatic rings. The van der Waals surface area contributed by atoms with E-state index in [1.165, 1.54) is 5.56 Å².